The molecular weight excluding hydrogens is 242 g/mol. The number of hydrogen-bond donors (Lipinski definition) is 0. The quantitative estimate of drug-likeness (QED) is 0.628. The molecule has 2 aromatic carbocycles. The maximum atomic E-state index is 6.09. The van der Waals surface area contributed by atoms with Crippen LogP contribution in [0.25, 0.3) is 10.9 Å². The Hall–Kier alpha value is -1.73. The number of aromatic nitrogens is 1. The zero-order valence-electron chi connectivity index (χ0n) is 10.2. The van der Waals surface area contributed by atoms with Gasteiger partial charge in [0.2, 0.25) is 0 Å². The van der Waals surface area contributed by atoms with Crippen molar-refractivity contribution in [3.05, 3.63) is 70.9 Å². The molecule has 1 heterocycles. The second-order valence-corrected chi connectivity index (χ2v) is 5.00. The molecule has 0 aliphatic rings. The molecule has 0 amide bonds. The average Bonchev–Trinajstić information content (AvgIpc) is 2.67. The van der Waals surface area contributed by atoms with E-state index in [1.54, 1.807) is 0 Å². The zero-order valence-corrected chi connectivity index (χ0v) is 11.0. The minimum Gasteiger partial charge on any atom is -0.340 e. The number of halogens is 1. The van der Waals surface area contributed by atoms with Gasteiger partial charge < -0.3 is 4.57 Å². The van der Waals surface area contributed by atoms with Crippen molar-refractivity contribution < 1.29 is 0 Å². The first-order valence-electron chi connectivity index (χ1n) is 6.03. The highest BCUT2D eigenvalue weighted by atomic mass is 35.5. The Labute approximate surface area is 112 Å². The molecule has 0 spiro atoms. The van der Waals surface area contributed by atoms with Crippen LogP contribution in [0.15, 0.2) is 54.6 Å². The summed E-state index contributed by atoms with van der Waals surface area (Å²) in [6.07, 6.45) is 0. The van der Waals surface area contributed by atoms with Crippen molar-refractivity contribution in [2.75, 3.05) is 0 Å². The average molecular weight is 256 g/mol. The number of aryl methyl sites for hydroxylation is 1. The van der Waals surface area contributed by atoms with E-state index in [4.69, 9.17) is 11.6 Å². The molecule has 18 heavy (non-hydrogen) atoms. The lowest BCUT2D eigenvalue weighted by molar-refractivity contribution is 0.805. The van der Waals surface area contributed by atoms with E-state index in [2.05, 4.69) is 47.9 Å². The van der Waals surface area contributed by atoms with E-state index in [9.17, 15) is 0 Å². The normalized spacial score (nSPS) is 11.0. The molecule has 0 bridgehead atoms. The molecule has 0 aliphatic heterocycles. The summed E-state index contributed by atoms with van der Waals surface area (Å²) in [7, 11) is 0. The zero-order chi connectivity index (χ0) is 12.5. The van der Waals surface area contributed by atoms with Gasteiger partial charge in [-0.05, 0) is 36.1 Å². The van der Waals surface area contributed by atoms with Gasteiger partial charge in [0.25, 0.3) is 0 Å². The van der Waals surface area contributed by atoms with Gasteiger partial charge in [0.1, 0.15) is 0 Å². The van der Waals surface area contributed by atoms with Crippen LogP contribution in [0.2, 0.25) is 5.02 Å². The van der Waals surface area contributed by atoms with Crippen molar-refractivity contribution >= 4 is 22.5 Å². The van der Waals surface area contributed by atoms with Crippen LogP contribution in [0.3, 0.4) is 0 Å². The van der Waals surface area contributed by atoms with Crippen LogP contribution in [0.4, 0.5) is 0 Å². The smallest absolute Gasteiger partial charge is 0.0500 e. The van der Waals surface area contributed by atoms with Crippen LogP contribution >= 0.6 is 11.6 Å². The number of nitrogens with zero attached hydrogens (tertiary/aromatic N) is 1. The van der Waals surface area contributed by atoms with Gasteiger partial charge in [0.15, 0.2) is 0 Å². The highest BCUT2D eigenvalue weighted by Crippen LogP contribution is 2.24. The fourth-order valence-electron chi connectivity index (χ4n) is 2.34. The summed E-state index contributed by atoms with van der Waals surface area (Å²) in [6, 6.07) is 18.7. The van der Waals surface area contributed by atoms with Crippen LogP contribution in [0.1, 0.15) is 11.3 Å². The third kappa shape index (κ3) is 2.02. The minimum absolute atomic E-state index is 0.787. The topological polar surface area (TPSA) is 4.93 Å². The third-order valence-corrected chi connectivity index (χ3v) is 3.49. The van der Waals surface area contributed by atoms with Crippen molar-refractivity contribution in [1.82, 2.24) is 4.57 Å². The van der Waals surface area contributed by atoms with Gasteiger partial charge in [-0.2, -0.15) is 0 Å². The Kier molecular flexibility index (Phi) is 2.85. The first-order chi connectivity index (χ1) is 8.74. The molecule has 0 fully saturated rings. The van der Waals surface area contributed by atoms with Crippen molar-refractivity contribution in [2.45, 2.75) is 13.5 Å². The SMILES string of the molecule is Cc1cc2ccc(Cl)cc2n1Cc1ccccc1. The van der Waals surface area contributed by atoms with Gasteiger partial charge in [-0.1, -0.05) is 48.0 Å². The lowest BCUT2D eigenvalue weighted by Gasteiger charge is -2.08. The highest BCUT2D eigenvalue weighted by Gasteiger charge is 2.06. The summed E-state index contributed by atoms with van der Waals surface area (Å²) < 4.78 is 2.30. The van der Waals surface area contributed by atoms with E-state index in [1.165, 1.54) is 22.2 Å². The summed E-state index contributed by atoms with van der Waals surface area (Å²) in [4.78, 5) is 0. The van der Waals surface area contributed by atoms with Crippen LogP contribution in [0, 0.1) is 6.92 Å². The van der Waals surface area contributed by atoms with Gasteiger partial charge in [-0.3, -0.25) is 0 Å². The first kappa shape index (κ1) is 11.4. The van der Waals surface area contributed by atoms with Gasteiger partial charge >= 0.3 is 0 Å². The van der Waals surface area contributed by atoms with Gasteiger partial charge in [0.05, 0.1) is 0 Å². The van der Waals surface area contributed by atoms with Crippen molar-refractivity contribution in [2.24, 2.45) is 0 Å². The number of benzene rings is 2. The molecule has 0 unspecified atom stereocenters. The highest BCUT2D eigenvalue weighted by molar-refractivity contribution is 6.31. The van der Waals surface area contributed by atoms with E-state index in [0.29, 0.717) is 0 Å². The molecular formula is C16H14ClN. The van der Waals surface area contributed by atoms with Crippen LogP contribution in [-0.2, 0) is 6.54 Å². The second kappa shape index (κ2) is 4.51. The Morgan fingerprint density at radius 2 is 1.78 bits per heavy atom. The number of fused-ring (bicyclic) bond motifs is 1. The molecule has 0 saturated carbocycles. The molecule has 0 radical (unpaired) electrons. The molecule has 0 N–H and O–H groups in total. The molecule has 0 saturated heterocycles. The predicted molar refractivity (Wildman–Crippen MR) is 77.2 cm³/mol. The predicted octanol–water partition coefficient (Wildman–Crippen LogP) is 4.65. The largest absolute Gasteiger partial charge is 0.340 e. The van der Waals surface area contributed by atoms with E-state index in [0.717, 1.165) is 11.6 Å². The number of hydrogen-bond acceptors (Lipinski definition) is 0. The molecule has 0 atom stereocenters. The van der Waals surface area contributed by atoms with E-state index in [-0.39, 0.29) is 0 Å². The van der Waals surface area contributed by atoms with Gasteiger partial charge in [-0.25, -0.2) is 0 Å². The summed E-state index contributed by atoms with van der Waals surface area (Å²) in [5, 5.41) is 2.03. The summed E-state index contributed by atoms with van der Waals surface area (Å²) in [5.41, 5.74) is 3.76. The number of rotatable bonds is 2. The van der Waals surface area contributed by atoms with Crippen LogP contribution < -0.4 is 0 Å². The van der Waals surface area contributed by atoms with E-state index >= 15 is 0 Å². The Morgan fingerprint density at radius 1 is 1.00 bits per heavy atom. The van der Waals surface area contributed by atoms with Crippen molar-refractivity contribution in [3.63, 3.8) is 0 Å². The standard InChI is InChI=1S/C16H14ClN/c1-12-9-14-7-8-15(17)10-16(14)18(12)11-13-5-3-2-4-6-13/h2-10H,11H2,1H3. The monoisotopic (exact) mass is 255 g/mol. The van der Waals surface area contributed by atoms with Crippen molar-refractivity contribution in [1.29, 1.82) is 0 Å². The van der Waals surface area contributed by atoms with E-state index < -0.39 is 0 Å². The molecule has 2 heteroatoms. The first-order valence-corrected chi connectivity index (χ1v) is 6.41. The Morgan fingerprint density at radius 3 is 2.56 bits per heavy atom. The lowest BCUT2D eigenvalue weighted by atomic mass is 10.2. The van der Waals surface area contributed by atoms with Gasteiger partial charge in [-0.15, -0.1) is 0 Å². The third-order valence-electron chi connectivity index (χ3n) is 3.26. The Bertz CT molecular complexity index is 683. The lowest BCUT2D eigenvalue weighted by Crippen LogP contribution is -2.00. The van der Waals surface area contributed by atoms with E-state index in [1.807, 2.05) is 18.2 Å². The van der Waals surface area contributed by atoms with Crippen LogP contribution in [0.5, 0.6) is 0 Å². The fraction of sp³-hybridized carbons (Fsp3) is 0.125. The molecule has 90 valence electrons. The maximum Gasteiger partial charge on any atom is 0.0500 e. The summed E-state index contributed by atoms with van der Waals surface area (Å²) >= 11 is 6.09. The molecule has 1 aromatic heterocycles. The maximum absolute atomic E-state index is 6.09. The second-order valence-electron chi connectivity index (χ2n) is 4.56. The molecule has 1 nitrogen and oxygen atoms in total. The summed E-state index contributed by atoms with van der Waals surface area (Å²) in [6.45, 7) is 3.02. The fourth-order valence-corrected chi connectivity index (χ4v) is 2.51. The molecule has 0 aliphatic carbocycles. The molecule has 3 rings (SSSR count). The van der Waals surface area contributed by atoms with Crippen molar-refractivity contribution in [3.8, 4) is 0 Å². The minimum atomic E-state index is 0.787. The van der Waals surface area contributed by atoms with Gasteiger partial charge in [0, 0.05) is 22.8 Å². The summed E-state index contributed by atoms with van der Waals surface area (Å²) in [5.74, 6) is 0. The molecule has 3 aromatic rings. The Balaban J connectivity index is 2.11. The van der Waals surface area contributed by atoms with Crippen LogP contribution in [-0.4, -0.2) is 4.57 Å².